The maximum Gasteiger partial charge on any atom is 0.418 e. The van der Waals surface area contributed by atoms with E-state index in [9.17, 15) is 13.2 Å². The minimum absolute atomic E-state index is 0.116. The SMILES string of the molecule is Nc1c(NCCc2cccs2)ncnc1Nc1ccccc1C(F)(F)F. The molecule has 0 aliphatic carbocycles. The number of alkyl halides is 3. The van der Waals surface area contributed by atoms with Crippen molar-refractivity contribution in [3.63, 3.8) is 0 Å². The van der Waals surface area contributed by atoms with Crippen molar-refractivity contribution in [2.75, 3.05) is 22.9 Å². The van der Waals surface area contributed by atoms with Crippen LogP contribution in [0.4, 0.5) is 36.2 Å². The lowest BCUT2D eigenvalue weighted by molar-refractivity contribution is -0.136. The molecular formula is C17H16F3N5S. The molecule has 3 aromatic rings. The third kappa shape index (κ3) is 4.23. The summed E-state index contributed by atoms with van der Waals surface area (Å²) in [6, 6.07) is 9.16. The van der Waals surface area contributed by atoms with Crippen LogP contribution in [0.2, 0.25) is 0 Å². The zero-order valence-electron chi connectivity index (χ0n) is 13.5. The number of nitrogen functional groups attached to an aromatic ring is 1. The van der Waals surface area contributed by atoms with Gasteiger partial charge in [0.25, 0.3) is 0 Å². The highest BCUT2D eigenvalue weighted by molar-refractivity contribution is 7.09. The van der Waals surface area contributed by atoms with Crippen molar-refractivity contribution in [1.82, 2.24) is 9.97 Å². The Labute approximate surface area is 152 Å². The largest absolute Gasteiger partial charge is 0.418 e. The highest BCUT2D eigenvalue weighted by Gasteiger charge is 2.33. The average Bonchev–Trinajstić information content (AvgIpc) is 3.11. The molecule has 136 valence electrons. The Morgan fingerprint density at radius 3 is 2.54 bits per heavy atom. The van der Waals surface area contributed by atoms with Gasteiger partial charge < -0.3 is 16.4 Å². The molecule has 0 saturated heterocycles. The number of thiophene rings is 1. The van der Waals surface area contributed by atoms with Crippen LogP contribution in [0.25, 0.3) is 0 Å². The Morgan fingerprint density at radius 2 is 1.81 bits per heavy atom. The first-order valence-corrected chi connectivity index (χ1v) is 8.63. The van der Waals surface area contributed by atoms with Crippen LogP contribution in [-0.4, -0.2) is 16.5 Å². The first-order chi connectivity index (χ1) is 12.4. The third-order valence-electron chi connectivity index (χ3n) is 3.61. The molecule has 0 saturated carbocycles. The Hall–Kier alpha value is -2.81. The molecule has 26 heavy (non-hydrogen) atoms. The maximum atomic E-state index is 13.1. The summed E-state index contributed by atoms with van der Waals surface area (Å²) in [5.74, 6) is 0.499. The van der Waals surface area contributed by atoms with Crippen LogP contribution in [-0.2, 0) is 12.6 Å². The molecule has 0 fully saturated rings. The number of nitrogens with two attached hydrogens (primary N) is 1. The Kier molecular flexibility index (Phi) is 5.27. The lowest BCUT2D eigenvalue weighted by Crippen LogP contribution is -2.12. The van der Waals surface area contributed by atoms with E-state index < -0.39 is 11.7 Å². The molecule has 0 aliphatic rings. The molecule has 1 aromatic carbocycles. The monoisotopic (exact) mass is 379 g/mol. The second-order valence-electron chi connectivity index (χ2n) is 5.41. The summed E-state index contributed by atoms with van der Waals surface area (Å²) in [4.78, 5) is 9.24. The van der Waals surface area contributed by atoms with Gasteiger partial charge in [-0.1, -0.05) is 18.2 Å². The molecule has 5 nitrogen and oxygen atoms in total. The molecule has 3 rings (SSSR count). The molecule has 0 atom stereocenters. The summed E-state index contributed by atoms with van der Waals surface area (Å²) in [7, 11) is 0. The smallest absolute Gasteiger partial charge is 0.393 e. The molecule has 0 unspecified atom stereocenters. The standard InChI is InChI=1S/C17H16F3N5S/c18-17(19,20)12-5-1-2-6-13(12)25-16-14(21)15(23-10-24-16)22-8-7-11-4-3-9-26-11/h1-6,9-10H,7-8,21H2,(H2,22,23,24,25). The molecule has 2 aromatic heterocycles. The number of nitrogens with zero attached hydrogens (tertiary/aromatic N) is 2. The average molecular weight is 379 g/mol. The molecule has 2 heterocycles. The summed E-state index contributed by atoms with van der Waals surface area (Å²) >= 11 is 1.65. The van der Waals surface area contributed by atoms with Crippen molar-refractivity contribution in [1.29, 1.82) is 0 Å². The van der Waals surface area contributed by atoms with Crippen molar-refractivity contribution >= 4 is 34.3 Å². The van der Waals surface area contributed by atoms with E-state index >= 15 is 0 Å². The van der Waals surface area contributed by atoms with Crippen molar-refractivity contribution in [2.24, 2.45) is 0 Å². The number of nitrogens with one attached hydrogen (secondary N) is 2. The second-order valence-corrected chi connectivity index (χ2v) is 6.44. The minimum atomic E-state index is -4.48. The zero-order chi connectivity index (χ0) is 18.6. The quantitative estimate of drug-likeness (QED) is 0.586. The predicted octanol–water partition coefficient (Wildman–Crippen LogP) is 4.54. The molecule has 0 amide bonds. The summed E-state index contributed by atoms with van der Waals surface area (Å²) in [6.07, 6.45) is -2.43. The number of benzene rings is 1. The van der Waals surface area contributed by atoms with Gasteiger partial charge in [0, 0.05) is 11.4 Å². The van der Waals surface area contributed by atoms with Gasteiger partial charge in [0.05, 0.1) is 11.3 Å². The van der Waals surface area contributed by atoms with Crippen molar-refractivity contribution in [2.45, 2.75) is 12.6 Å². The van der Waals surface area contributed by atoms with Gasteiger partial charge in [-0.15, -0.1) is 11.3 Å². The summed E-state index contributed by atoms with van der Waals surface area (Å²) in [5, 5.41) is 7.74. The lowest BCUT2D eigenvalue weighted by atomic mass is 10.1. The van der Waals surface area contributed by atoms with E-state index in [2.05, 4.69) is 20.6 Å². The van der Waals surface area contributed by atoms with Gasteiger partial charge in [-0.3, -0.25) is 0 Å². The first kappa shape index (κ1) is 18.0. The normalized spacial score (nSPS) is 11.3. The molecule has 0 spiro atoms. The van der Waals surface area contributed by atoms with Gasteiger partial charge in [-0.25, -0.2) is 9.97 Å². The molecule has 0 aliphatic heterocycles. The highest BCUT2D eigenvalue weighted by atomic mass is 32.1. The maximum absolute atomic E-state index is 13.1. The van der Waals surface area contributed by atoms with Crippen LogP contribution in [0.15, 0.2) is 48.1 Å². The van der Waals surface area contributed by atoms with E-state index in [4.69, 9.17) is 5.73 Å². The number of halogens is 3. The van der Waals surface area contributed by atoms with Gasteiger partial charge >= 0.3 is 6.18 Å². The van der Waals surface area contributed by atoms with Crippen LogP contribution in [0.5, 0.6) is 0 Å². The Balaban J connectivity index is 1.75. The molecule has 9 heteroatoms. The van der Waals surface area contributed by atoms with Crippen molar-refractivity contribution in [3.8, 4) is 0 Å². The van der Waals surface area contributed by atoms with Gasteiger partial charge in [0.1, 0.15) is 12.0 Å². The number of hydrogen-bond donors (Lipinski definition) is 3. The van der Waals surface area contributed by atoms with E-state index in [1.165, 1.54) is 29.4 Å². The van der Waals surface area contributed by atoms with Crippen LogP contribution >= 0.6 is 11.3 Å². The molecule has 4 N–H and O–H groups in total. The number of anilines is 4. The summed E-state index contributed by atoms with van der Waals surface area (Å²) < 4.78 is 39.4. The fourth-order valence-electron chi connectivity index (χ4n) is 2.36. The van der Waals surface area contributed by atoms with Crippen LogP contribution in [0, 0.1) is 0 Å². The fourth-order valence-corrected chi connectivity index (χ4v) is 3.07. The summed E-state index contributed by atoms with van der Waals surface area (Å²) in [5.41, 5.74) is 5.28. The first-order valence-electron chi connectivity index (χ1n) is 7.75. The van der Waals surface area contributed by atoms with Crippen molar-refractivity contribution in [3.05, 3.63) is 58.5 Å². The topological polar surface area (TPSA) is 75.9 Å². The molecule has 0 radical (unpaired) electrons. The van der Waals surface area contributed by atoms with E-state index in [0.717, 1.165) is 12.5 Å². The number of aromatic nitrogens is 2. The van der Waals surface area contributed by atoms with Crippen molar-refractivity contribution < 1.29 is 13.2 Å². The van der Waals surface area contributed by atoms with Gasteiger partial charge in [-0.2, -0.15) is 13.2 Å². The minimum Gasteiger partial charge on any atom is -0.393 e. The predicted molar refractivity (Wildman–Crippen MR) is 97.7 cm³/mol. The van der Waals surface area contributed by atoms with Gasteiger partial charge in [0.2, 0.25) is 0 Å². The van der Waals surface area contributed by atoms with E-state index in [-0.39, 0.29) is 17.2 Å². The Bertz CT molecular complexity index is 865. The molecule has 0 bridgehead atoms. The highest BCUT2D eigenvalue weighted by Crippen LogP contribution is 2.36. The lowest BCUT2D eigenvalue weighted by Gasteiger charge is -2.16. The fraction of sp³-hybridized carbons (Fsp3) is 0.176. The molecular weight excluding hydrogens is 363 g/mol. The van der Waals surface area contributed by atoms with Crippen LogP contribution in [0.3, 0.4) is 0 Å². The summed E-state index contributed by atoms with van der Waals surface area (Å²) in [6.45, 7) is 0.598. The number of hydrogen-bond acceptors (Lipinski definition) is 6. The third-order valence-corrected chi connectivity index (χ3v) is 4.55. The van der Waals surface area contributed by atoms with Crippen LogP contribution < -0.4 is 16.4 Å². The van der Waals surface area contributed by atoms with E-state index in [1.54, 1.807) is 11.3 Å². The van der Waals surface area contributed by atoms with E-state index in [1.807, 2.05) is 17.5 Å². The number of para-hydroxylation sites is 1. The number of rotatable bonds is 6. The Morgan fingerprint density at radius 1 is 1.04 bits per heavy atom. The van der Waals surface area contributed by atoms with Gasteiger partial charge in [0.15, 0.2) is 11.6 Å². The zero-order valence-corrected chi connectivity index (χ0v) is 14.4. The second kappa shape index (κ2) is 7.61. The van der Waals surface area contributed by atoms with E-state index in [0.29, 0.717) is 12.4 Å². The van der Waals surface area contributed by atoms with Gasteiger partial charge in [-0.05, 0) is 30.0 Å². The van der Waals surface area contributed by atoms with Crippen LogP contribution in [0.1, 0.15) is 10.4 Å².